The molecule has 21 heavy (non-hydrogen) atoms. The molecule has 1 saturated carbocycles. The maximum atomic E-state index is 13.7. The van der Waals surface area contributed by atoms with E-state index in [0.717, 1.165) is 18.2 Å². The maximum absolute atomic E-state index is 13.7. The minimum absolute atomic E-state index is 0.235. The predicted molar refractivity (Wildman–Crippen MR) is 75.3 cm³/mol. The van der Waals surface area contributed by atoms with E-state index in [-0.39, 0.29) is 17.0 Å². The van der Waals surface area contributed by atoms with Gasteiger partial charge in [-0.25, -0.2) is 12.8 Å². The van der Waals surface area contributed by atoms with Crippen LogP contribution in [0.15, 0.2) is 23.1 Å². The Morgan fingerprint density at radius 1 is 1.43 bits per heavy atom. The minimum Gasteiger partial charge on any atom is -0.379 e. The molecule has 1 amide bonds. The molecule has 8 heteroatoms. The fraction of sp³-hybridized carbons (Fsp3) is 0.462. The van der Waals surface area contributed by atoms with Crippen LogP contribution >= 0.6 is 10.7 Å². The highest BCUT2D eigenvalue weighted by Gasteiger charge is 2.21. The summed E-state index contributed by atoms with van der Waals surface area (Å²) in [7, 11) is 1.09. The van der Waals surface area contributed by atoms with Crippen LogP contribution < -0.4 is 5.32 Å². The largest absolute Gasteiger partial charge is 0.379 e. The number of halogens is 2. The van der Waals surface area contributed by atoms with Crippen molar-refractivity contribution in [3.8, 4) is 0 Å². The second-order valence-electron chi connectivity index (χ2n) is 4.85. The van der Waals surface area contributed by atoms with Gasteiger partial charge in [0.15, 0.2) is 0 Å². The van der Waals surface area contributed by atoms with E-state index in [2.05, 4.69) is 5.32 Å². The second kappa shape index (κ2) is 6.72. The Labute approximate surface area is 126 Å². The first kappa shape index (κ1) is 16.2. The van der Waals surface area contributed by atoms with Crippen LogP contribution in [-0.2, 0) is 13.8 Å². The molecule has 0 saturated heterocycles. The van der Waals surface area contributed by atoms with Crippen LogP contribution in [0.4, 0.5) is 4.39 Å². The van der Waals surface area contributed by atoms with Crippen molar-refractivity contribution in [1.82, 2.24) is 5.32 Å². The SMILES string of the molecule is O=C(NCCOCC1CC1)c1ccc(S(=O)(=O)Cl)cc1F. The molecule has 5 nitrogen and oxygen atoms in total. The molecule has 0 unspecified atom stereocenters. The molecule has 1 fully saturated rings. The number of carbonyl (C=O) groups is 1. The molecule has 0 bridgehead atoms. The van der Waals surface area contributed by atoms with Crippen LogP contribution in [0.2, 0.25) is 0 Å². The highest BCUT2D eigenvalue weighted by Crippen LogP contribution is 2.28. The summed E-state index contributed by atoms with van der Waals surface area (Å²) in [6.07, 6.45) is 2.38. The zero-order valence-corrected chi connectivity index (χ0v) is 12.7. The molecule has 0 aliphatic heterocycles. The van der Waals surface area contributed by atoms with Crippen LogP contribution in [-0.4, -0.2) is 34.1 Å². The molecule has 1 aromatic carbocycles. The van der Waals surface area contributed by atoms with Gasteiger partial charge >= 0.3 is 0 Å². The van der Waals surface area contributed by atoms with E-state index in [1.54, 1.807) is 0 Å². The van der Waals surface area contributed by atoms with E-state index >= 15 is 0 Å². The lowest BCUT2D eigenvalue weighted by molar-refractivity contribution is 0.0902. The third-order valence-electron chi connectivity index (χ3n) is 3.05. The highest BCUT2D eigenvalue weighted by atomic mass is 35.7. The average molecular weight is 336 g/mol. The third kappa shape index (κ3) is 4.94. The van der Waals surface area contributed by atoms with Crippen molar-refractivity contribution in [1.29, 1.82) is 0 Å². The van der Waals surface area contributed by atoms with Gasteiger partial charge in [0.05, 0.1) is 17.1 Å². The van der Waals surface area contributed by atoms with Crippen molar-refractivity contribution >= 4 is 25.6 Å². The molecule has 0 atom stereocenters. The summed E-state index contributed by atoms with van der Waals surface area (Å²) in [5.41, 5.74) is -0.235. The molecule has 1 aliphatic rings. The Kier molecular flexibility index (Phi) is 5.18. The van der Waals surface area contributed by atoms with E-state index < -0.39 is 20.8 Å². The molecule has 2 rings (SSSR count). The number of hydrogen-bond acceptors (Lipinski definition) is 4. The molecule has 0 spiro atoms. The standard InChI is InChI=1S/C13H15ClFNO4S/c14-21(18,19)10-3-4-11(12(15)7-10)13(17)16-5-6-20-8-9-1-2-9/h3-4,7,9H,1-2,5-6,8H2,(H,16,17). The number of benzene rings is 1. The van der Waals surface area contributed by atoms with Crippen LogP contribution in [0.25, 0.3) is 0 Å². The van der Waals surface area contributed by atoms with E-state index in [4.69, 9.17) is 15.4 Å². The van der Waals surface area contributed by atoms with Gasteiger partial charge in [-0.1, -0.05) is 0 Å². The number of ether oxygens (including phenoxy) is 1. The number of nitrogens with one attached hydrogen (secondary N) is 1. The van der Waals surface area contributed by atoms with Crippen molar-refractivity contribution in [3.63, 3.8) is 0 Å². The lowest BCUT2D eigenvalue weighted by Crippen LogP contribution is -2.28. The van der Waals surface area contributed by atoms with Gasteiger partial charge in [-0.15, -0.1) is 0 Å². The number of rotatable bonds is 7. The molecule has 0 heterocycles. The molecule has 0 radical (unpaired) electrons. The summed E-state index contributed by atoms with van der Waals surface area (Å²) in [4.78, 5) is 11.4. The van der Waals surface area contributed by atoms with Crippen LogP contribution in [0.3, 0.4) is 0 Å². The number of amides is 1. The minimum atomic E-state index is -4.01. The van der Waals surface area contributed by atoms with Gasteiger partial charge < -0.3 is 10.1 Å². The lowest BCUT2D eigenvalue weighted by Gasteiger charge is -2.07. The predicted octanol–water partition coefficient (Wildman–Crippen LogP) is 1.91. The Morgan fingerprint density at radius 3 is 2.71 bits per heavy atom. The fourth-order valence-corrected chi connectivity index (χ4v) is 2.46. The highest BCUT2D eigenvalue weighted by molar-refractivity contribution is 8.13. The second-order valence-corrected chi connectivity index (χ2v) is 7.42. The zero-order chi connectivity index (χ0) is 15.5. The van der Waals surface area contributed by atoms with Gasteiger partial charge in [0.25, 0.3) is 15.0 Å². The van der Waals surface area contributed by atoms with Gasteiger partial charge in [0.1, 0.15) is 5.82 Å². The number of hydrogen-bond donors (Lipinski definition) is 1. The zero-order valence-electron chi connectivity index (χ0n) is 11.1. The van der Waals surface area contributed by atoms with Crippen LogP contribution in [0, 0.1) is 11.7 Å². The first-order chi connectivity index (χ1) is 9.88. The summed E-state index contributed by atoms with van der Waals surface area (Å²) in [6, 6.07) is 2.90. The maximum Gasteiger partial charge on any atom is 0.261 e. The van der Waals surface area contributed by atoms with Gasteiger partial charge in [-0.05, 0) is 37.0 Å². The van der Waals surface area contributed by atoms with E-state index in [1.807, 2.05) is 0 Å². The quantitative estimate of drug-likeness (QED) is 0.610. The summed E-state index contributed by atoms with van der Waals surface area (Å²) >= 11 is 0. The molecule has 1 aliphatic carbocycles. The van der Waals surface area contributed by atoms with Crippen molar-refractivity contribution in [2.75, 3.05) is 19.8 Å². The monoisotopic (exact) mass is 335 g/mol. The fourth-order valence-electron chi connectivity index (χ4n) is 1.70. The first-order valence-corrected chi connectivity index (χ1v) is 8.79. The molecule has 116 valence electrons. The van der Waals surface area contributed by atoms with Gasteiger partial charge in [-0.3, -0.25) is 4.79 Å². The summed E-state index contributed by atoms with van der Waals surface area (Å²) in [5, 5.41) is 2.51. The summed E-state index contributed by atoms with van der Waals surface area (Å²) < 4.78 is 41.1. The average Bonchev–Trinajstić information content (AvgIpc) is 3.21. The van der Waals surface area contributed by atoms with Crippen molar-refractivity contribution in [2.45, 2.75) is 17.7 Å². The lowest BCUT2D eigenvalue weighted by atomic mass is 10.2. The van der Waals surface area contributed by atoms with Crippen molar-refractivity contribution in [3.05, 3.63) is 29.6 Å². The topological polar surface area (TPSA) is 72.5 Å². The van der Waals surface area contributed by atoms with Crippen LogP contribution in [0.1, 0.15) is 23.2 Å². The molecule has 1 N–H and O–H groups in total. The normalized spacial score (nSPS) is 15.0. The molecule has 1 aromatic rings. The smallest absolute Gasteiger partial charge is 0.261 e. The van der Waals surface area contributed by atoms with Crippen molar-refractivity contribution in [2.24, 2.45) is 5.92 Å². The number of carbonyl (C=O) groups excluding carboxylic acids is 1. The van der Waals surface area contributed by atoms with E-state index in [0.29, 0.717) is 19.1 Å². The molecular formula is C13H15ClFNO4S. The third-order valence-corrected chi connectivity index (χ3v) is 4.40. The van der Waals surface area contributed by atoms with Crippen molar-refractivity contribution < 1.29 is 22.3 Å². The van der Waals surface area contributed by atoms with Gasteiger partial charge in [0, 0.05) is 23.8 Å². The Bertz CT molecular complexity index is 631. The Hall–Kier alpha value is -1.18. The van der Waals surface area contributed by atoms with Crippen LogP contribution in [0.5, 0.6) is 0 Å². The van der Waals surface area contributed by atoms with Gasteiger partial charge in [-0.2, -0.15) is 0 Å². The summed E-state index contributed by atoms with van der Waals surface area (Å²) in [6.45, 7) is 1.31. The van der Waals surface area contributed by atoms with E-state index in [9.17, 15) is 17.6 Å². The van der Waals surface area contributed by atoms with Gasteiger partial charge in [0.2, 0.25) is 0 Å². The first-order valence-electron chi connectivity index (χ1n) is 6.48. The summed E-state index contributed by atoms with van der Waals surface area (Å²) in [5.74, 6) is -0.919. The Balaban J connectivity index is 1.86. The molecular weight excluding hydrogens is 321 g/mol. The Morgan fingerprint density at radius 2 is 2.14 bits per heavy atom. The molecule has 0 aromatic heterocycles. The van der Waals surface area contributed by atoms with E-state index in [1.165, 1.54) is 12.8 Å².